The number of hydrogen-bond acceptors (Lipinski definition) is 2. The van der Waals surface area contributed by atoms with Gasteiger partial charge in [0.15, 0.2) is 0 Å². The van der Waals surface area contributed by atoms with Crippen molar-refractivity contribution >= 4 is 11.6 Å². The molecule has 2 nitrogen and oxygen atoms in total. The van der Waals surface area contributed by atoms with Crippen LogP contribution in [0.5, 0.6) is 0 Å². The molecule has 1 atom stereocenters. The second-order valence-corrected chi connectivity index (χ2v) is 4.36. The van der Waals surface area contributed by atoms with E-state index in [9.17, 15) is 8.78 Å². The molecule has 1 aromatic carbocycles. The fourth-order valence-corrected chi connectivity index (χ4v) is 1.86. The summed E-state index contributed by atoms with van der Waals surface area (Å²) in [7, 11) is 0. The summed E-state index contributed by atoms with van der Waals surface area (Å²) in [5.41, 5.74) is 6.91. The van der Waals surface area contributed by atoms with Crippen LogP contribution in [-0.4, -0.2) is 4.98 Å². The first-order valence-corrected chi connectivity index (χ1v) is 5.74. The van der Waals surface area contributed by atoms with Gasteiger partial charge < -0.3 is 5.73 Å². The van der Waals surface area contributed by atoms with Gasteiger partial charge in [0.1, 0.15) is 11.6 Å². The zero-order valence-corrected chi connectivity index (χ0v) is 10.2. The average molecular weight is 269 g/mol. The number of benzene rings is 1. The van der Waals surface area contributed by atoms with E-state index in [1.165, 1.54) is 0 Å². The molecule has 0 fully saturated rings. The van der Waals surface area contributed by atoms with Gasteiger partial charge in [-0.15, -0.1) is 0 Å². The third-order valence-corrected chi connectivity index (χ3v) is 2.93. The monoisotopic (exact) mass is 268 g/mol. The average Bonchev–Trinajstić information content (AvgIpc) is 2.35. The van der Waals surface area contributed by atoms with Gasteiger partial charge in [-0.3, -0.25) is 4.98 Å². The number of aromatic nitrogens is 1. The first-order valence-electron chi connectivity index (χ1n) is 5.37. The minimum atomic E-state index is -0.668. The highest BCUT2D eigenvalue weighted by Gasteiger charge is 2.15. The second kappa shape index (κ2) is 5.42. The standard InChI is InChI=1S/C13H11ClF2N2/c14-10-7-11(15)9(6-12(10)16)13(17)5-8-1-3-18-4-2-8/h1-4,6-7,13H,5,17H2. The van der Waals surface area contributed by atoms with Crippen molar-refractivity contribution in [2.45, 2.75) is 12.5 Å². The van der Waals surface area contributed by atoms with E-state index in [1.807, 2.05) is 0 Å². The Morgan fingerprint density at radius 1 is 1.17 bits per heavy atom. The quantitative estimate of drug-likeness (QED) is 0.868. The Hall–Kier alpha value is -1.52. The maximum absolute atomic E-state index is 13.6. The van der Waals surface area contributed by atoms with Crippen molar-refractivity contribution < 1.29 is 8.78 Å². The minimum absolute atomic E-state index is 0.119. The van der Waals surface area contributed by atoms with Crippen molar-refractivity contribution in [3.05, 3.63) is 64.4 Å². The lowest BCUT2D eigenvalue weighted by Gasteiger charge is -2.13. The molecule has 2 rings (SSSR count). The van der Waals surface area contributed by atoms with Crippen molar-refractivity contribution in [2.75, 3.05) is 0 Å². The summed E-state index contributed by atoms with van der Waals surface area (Å²) in [5.74, 6) is -1.26. The van der Waals surface area contributed by atoms with Gasteiger partial charge in [-0.05, 0) is 36.2 Å². The number of rotatable bonds is 3. The summed E-state index contributed by atoms with van der Waals surface area (Å²) in [6, 6.07) is 4.93. The van der Waals surface area contributed by atoms with Crippen LogP contribution in [0.1, 0.15) is 17.2 Å². The van der Waals surface area contributed by atoms with E-state index in [4.69, 9.17) is 17.3 Å². The van der Waals surface area contributed by atoms with E-state index in [0.29, 0.717) is 6.42 Å². The van der Waals surface area contributed by atoms with Crippen LogP contribution in [0.25, 0.3) is 0 Å². The third-order valence-electron chi connectivity index (χ3n) is 2.64. The molecule has 94 valence electrons. The highest BCUT2D eigenvalue weighted by molar-refractivity contribution is 6.30. The Kier molecular flexibility index (Phi) is 3.89. The summed E-state index contributed by atoms with van der Waals surface area (Å²) in [6.07, 6.45) is 3.65. The largest absolute Gasteiger partial charge is 0.324 e. The predicted octanol–water partition coefficient (Wildman–Crippen LogP) is 3.26. The normalized spacial score (nSPS) is 12.4. The molecule has 0 aliphatic carbocycles. The topological polar surface area (TPSA) is 38.9 Å². The number of nitrogens with two attached hydrogens (primary N) is 1. The fourth-order valence-electron chi connectivity index (χ4n) is 1.70. The van der Waals surface area contributed by atoms with Crippen LogP contribution in [0.4, 0.5) is 8.78 Å². The third kappa shape index (κ3) is 2.83. The Morgan fingerprint density at radius 3 is 2.50 bits per heavy atom. The van der Waals surface area contributed by atoms with Crippen LogP contribution in [0.3, 0.4) is 0 Å². The Morgan fingerprint density at radius 2 is 1.83 bits per heavy atom. The summed E-state index contributed by atoms with van der Waals surface area (Å²) in [5, 5.41) is -0.243. The predicted molar refractivity (Wildman–Crippen MR) is 66.2 cm³/mol. The molecule has 0 aliphatic heterocycles. The molecule has 1 aromatic heterocycles. The summed E-state index contributed by atoms with van der Waals surface area (Å²) >= 11 is 5.49. The van der Waals surface area contributed by atoms with E-state index >= 15 is 0 Å². The van der Waals surface area contributed by atoms with E-state index < -0.39 is 17.7 Å². The van der Waals surface area contributed by atoms with Crippen molar-refractivity contribution in [1.82, 2.24) is 4.98 Å². The Labute approximate surface area is 108 Å². The molecule has 1 heterocycles. The van der Waals surface area contributed by atoms with Crippen molar-refractivity contribution in [1.29, 1.82) is 0 Å². The highest BCUT2D eigenvalue weighted by atomic mass is 35.5. The maximum Gasteiger partial charge on any atom is 0.142 e. The van der Waals surface area contributed by atoms with Gasteiger partial charge in [0.2, 0.25) is 0 Å². The Balaban J connectivity index is 2.24. The molecule has 1 unspecified atom stereocenters. The lowest BCUT2D eigenvalue weighted by molar-refractivity contribution is 0.561. The zero-order valence-electron chi connectivity index (χ0n) is 9.41. The summed E-state index contributed by atoms with van der Waals surface area (Å²) in [6.45, 7) is 0. The highest BCUT2D eigenvalue weighted by Crippen LogP contribution is 2.24. The van der Waals surface area contributed by atoms with Gasteiger partial charge >= 0.3 is 0 Å². The van der Waals surface area contributed by atoms with E-state index in [1.54, 1.807) is 24.5 Å². The van der Waals surface area contributed by atoms with Crippen LogP contribution in [0, 0.1) is 11.6 Å². The van der Waals surface area contributed by atoms with Gasteiger partial charge in [-0.25, -0.2) is 8.78 Å². The van der Waals surface area contributed by atoms with Crippen molar-refractivity contribution in [3.63, 3.8) is 0 Å². The smallest absolute Gasteiger partial charge is 0.142 e. The minimum Gasteiger partial charge on any atom is -0.324 e. The molecule has 0 radical (unpaired) electrons. The second-order valence-electron chi connectivity index (χ2n) is 3.95. The lowest BCUT2D eigenvalue weighted by Crippen LogP contribution is -2.15. The number of nitrogens with zero attached hydrogens (tertiary/aromatic N) is 1. The lowest BCUT2D eigenvalue weighted by atomic mass is 10.00. The first-order chi connectivity index (χ1) is 8.58. The maximum atomic E-state index is 13.6. The van der Waals surface area contributed by atoms with Gasteiger partial charge in [-0.2, -0.15) is 0 Å². The van der Waals surface area contributed by atoms with Crippen LogP contribution < -0.4 is 5.73 Å². The molecule has 0 spiro atoms. The Bertz CT molecular complexity index is 546. The molecule has 2 N–H and O–H groups in total. The summed E-state index contributed by atoms with van der Waals surface area (Å²) in [4.78, 5) is 3.88. The van der Waals surface area contributed by atoms with Crippen molar-refractivity contribution in [2.24, 2.45) is 5.73 Å². The van der Waals surface area contributed by atoms with Crippen LogP contribution >= 0.6 is 11.6 Å². The molecule has 0 aliphatic rings. The molecule has 18 heavy (non-hydrogen) atoms. The molecule has 0 saturated heterocycles. The number of pyridine rings is 1. The first kappa shape index (κ1) is 12.9. The van der Waals surface area contributed by atoms with Gasteiger partial charge in [0.25, 0.3) is 0 Å². The van der Waals surface area contributed by atoms with Crippen LogP contribution in [-0.2, 0) is 6.42 Å². The number of halogens is 3. The van der Waals surface area contributed by atoms with Crippen LogP contribution in [0.2, 0.25) is 5.02 Å². The molecule has 0 bridgehead atoms. The molecule has 5 heteroatoms. The zero-order chi connectivity index (χ0) is 13.1. The summed E-state index contributed by atoms with van der Waals surface area (Å²) < 4.78 is 26.9. The molecule has 0 saturated carbocycles. The SMILES string of the molecule is NC(Cc1ccncc1)c1cc(F)c(Cl)cc1F. The molecule has 2 aromatic rings. The number of hydrogen-bond donors (Lipinski definition) is 1. The van der Waals surface area contributed by atoms with Crippen molar-refractivity contribution in [3.8, 4) is 0 Å². The van der Waals surface area contributed by atoms with Crippen LogP contribution in [0.15, 0.2) is 36.7 Å². The molecular weight excluding hydrogens is 258 g/mol. The van der Waals surface area contributed by atoms with Gasteiger partial charge in [0, 0.05) is 24.0 Å². The van der Waals surface area contributed by atoms with E-state index in [2.05, 4.69) is 4.98 Å². The molecular formula is C13H11ClF2N2. The van der Waals surface area contributed by atoms with E-state index in [-0.39, 0.29) is 10.6 Å². The fraction of sp³-hybridized carbons (Fsp3) is 0.154. The van der Waals surface area contributed by atoms with Gasteiger partial charge in [0.05, 0.1) is 5.02 Å². The van der Waals surface area contributed by atoms with Gasteiger partial charge in [-0.1, -0.05) is 11.6 Å². The molecule has 0 amide bonds. The van der Waals surface area contributed by atoms with E-state index in [0.717, 1.165) is 17.7 Å².